The molecule has 3 aromatic carbocycles. The lowest BCUT2D eigenvalue weighted by Gasteiger charge is -2.12. The van der Waals surface area contributed by atoms with E-state index in [4.69, 9.17) is 21.8 Å². The predicted octanol–water partition coefficient (Wildman–Crippen LogP) is 5.16. The van der Waals surface area contributed by atoms with E-state index in [2.05, 4.69) is 4.85 Å². The molecule has 0 heterocycles. The molecule has 28 heavy (non-hydrogen) atoms. The Hall–Kier alpha value is -3.78. The minimum atomic E-state index is -0.431. The number of carbonyl (C=O) groups is 1. The van der Waals surface area contributed by atoms with Crippen LogP contribution in [0, 0.1) is 13.5 Å². The number of hydrogen-bond donors (Lipinski definition) is 1. The molecule has 0 saturated carbocycles. The normalized spacial score (nSPS) is 10.2. The molecular weight excluding hydrogens is 352 g/mol. The van der Waals surface area contributed by atoms with Crippen LogP contribution < -0.4 is 10.5 Å². The summed E-state index contributed by atoms with van der Waals surface area (Å²) in [7, 11) is 1.35. The topological polar surface area (TPSA) is 65.9 Å². The van der Waals surface area contributed by atoms with Gasteiger partial charge in [-0.3, -0.25) is 0 Å². The van der Waals surface area contributed by atoms with Crippen molar-refractivity contribution in [2.75, 3.05) is 12.8 Å². The van der Waals surface area contributed by atoms with Gasteiger partial charge in [0, 0.05) is 0 Å². The molecule has 0 aliphatic rings. The Morgan fingerprint density at radius 2 is 1.89 bits per heavy atom. The second-order valence-corrected chi connectivity index (χ2v) is 6.40. The minimum Gasteiger partial charge on any atom is -0.487 e. The number of anilines is 1. The van der Waals surface area contributed by atoms with Crippen molar-refractivity contribution < 1.29 is 14.3 Å². The third kappa shape index (κ3) is 4.30. The Morgan fingerprint density at radius 3 is 2.61 bits per heavy atom. The van der Waals surface area contributed by atoms with Gasteiger partial charge in [0.05, 0.1) is 24.9 Å². The van der Waals surface area contributed by atoms with Gasteiger partial charge < -0.3 is 15.2 Å². The molecule has 0 aliphatic carbocycles. The third-order valence-corrected chi connectivity index (χ3v) is 4.28. The van der Waals surface area contributed by atoms with Crippen LogP contribution >= 0.6 is 0 Å². The molecule has 0 aromatic heterocycles. The first-order chi connectivity index (χ1) is 13.5. The van der Waals surface area contributed by atoms with Gasteiger partial charge in [-0.25, -0.2) is 9.64 Å². The summed E-state index contributed by atoms with van der Waals surface area (Å²) in [6, 6.07) is 18.3. The first-order valence-electron chi connectivity index (χ1n) is 8.69. The van der Waals surface area contributed by atoms with Crippen LogP contribution in [0.5, 0.6) is 5.75 Å². The number of esters is 1. The highest BCUT2D eigenvalue weighted by Gasteiger charge is 2.11. The summed E-state index contributed by atoms with van der Waals surface area (Å²) < 4.78 is 10.7. The average Bonchev–Trinajstić information content (AvgIpc) is 2.72. The summed E-state index contributed by atoms with van der Waals surface area (Å²) in [6.45, 7) is 9.41. The zero-order chi connectivity index (χ0) is 20.1. The Balaban J connectivity index is 1.95. The van der Waals surface area contributed by atoms with Gasteiger partial charge >= 0.3 is 5.97 Å². The number of nitrogens with two attached hydrogens (primary N) is 1. The fourth-order valence-corrected chi connectivity index (χ4v) is 2.89. The van der Waals surface area contributed by atoms with Crippen LogP contribution in [0.15, 0.2) is 60.7 Å². The van der Waals surface area contributed by atoms with E-state index in [0.717, 1.165) is 22.3 Å². The molecule has 3 rings (SSSR count). The molecule has 0 aliphatic heterocycles. The molecule has 0 atom stereocenters. The lowest BCUT2D eigenvalue weighted by atomic mass is 9.99. The van der Waals surface area contributed by atoms with Gasteiger partial charge in [-0.2, -0.15) is 0 Å². The molecule has 2 N–H and O–H groups in total. The summed E-state index contributed by atoms with van der Waals surface area (Å²) in [5.74, 6) is 0.157. The summed E-state index contributed by atoms with van der Waals surface area (Å²) in [5, 5.41) is 0. The Morgan fingerprint density at radius 1 is 1.07 bits per heavy atom. The maximum absolute atomic E-state index is 12.1. The van der Waals surface area contributed by atoms with Crippen LogP contribution in [-0.4, -0.2) is 13.1 Å². The van der Waals surface area contributed by atoms with Crippen molar-refractivity contribution in [1.82, 2.24) is 0 Å². The number of nitrogens with zero attached hydrogens (tertiary/aromatic N) is 1. The second-order valence-electron chi connectivity index (χ2n) is 6.40. The summed E-state index contributed by atoms with van der Waals surface area (Å²) in [6.07, 6.45) is 0. The molecule has 0 unspecified atom stereocenters. The van der Waals surface area contributed by atoms with E-state index >= 15 is 0 Å². The van der Waals surface area contributed by atoms with Gasteiger partial charge in [0.1, 0.15) is 12.4 Å². The van der Waals surface area contributed by atoms with Crippen molar-refractivity contribution >= 4 is 17.3 Å². The molecule has 0 radical (unpaired) electrons. The smallest absolute Gasteiger partial charge is 0.337 e. The monoisotopic (exact) mass is 372 g/mol. The molecular formula is C23H20N2O3. The molecule has 0 bridgehead atoms. The Kier molecular flexibility index (Phi) is 5.61. The first kappa shape index (κ1) is 19.0. The van der Waals surface area contributed by atoms with Gasteiger partial charge in [-0.05, 0) is 65.6 Å². The number of rotatable bonds is 5. The molecule has 3 aromatic rings. The molecule has 0 amide bonds. The number of benzene rings is 3. The summed E-state index contributed by atoms with van der Waals surface area (Å²) >= 11 is 0. The van der Waals surface area contributed by atoms with E-state index in [-0.39, 0.29) is 6.61 Å². The van der Waals surface area contributed by atoms with E-state index in [1.54, 1.807) is 24.3 Å². The highest BCUT2D eigenvalue weighted by atomic mass is 16.5. The highest BCUT2D eigenvalue weighted by molar-refractivity contribution is 5.91. The lowest BCUT2D eigenvalue weighted by Crippen LogP contribution is -2.05. The zero-order valence-electron chi connectivity index (χ0n) is 15.7. The molecule has 5 nitrogen and oxygen atoms in total. The quantitative estimate of drug-likeness (QED) is 0.382. The molecule has 5 heteroatoms. The predicted molar refractivity (Wildman–Crippen MR) is 109 cm³/mol. The van der Waals surface area contributed by atoms with E-state index in [1.165, 1.54) is 7.11 Å². The highest BCUT2D eigenvalue weighted by Crippen LogP contribution is 2.28. The number of hydrogen-bond acceptors (Lipinski definition) is 4. The molecule has 0 saturated heterocycles. The van der Waals surface area contributed by atoms with Crippen molar-refractivity contribution in [2.24, 2.45) is 0 Å². The van der Waals surface area contributed by atoms with Crippen LogP contribution in [0.1, 0.15) is 21.5 Å². The maximum atomic E-state index is 12.1. The van der Waals surface area contributed by atoms with Gasteiger partial charge in [0.15, 0.2) is 5.69 Å². The van der Waals surface area contributed by atoms with Crippen LogP contribution in [0.25, 0.3) is 16.0 Å². The Bertz CT molecular complexity index is 1070. The SMILES string of the molecule is [C-]#[N+]c1cccc(-c2cc(COc3ccc(C)cc3N)cc(C(=O)OC)c2)c1. The number of ether oxygens (including phenoxy) is 2. The van der Waals surface area contributed by atoms with E-state index in [0.29, 0.717) is 22.7 Å². The van der Waals surface area contributed by atoms with Crippen molar-refractivity contribution in [3.8, 4) is 16.9 Å². The molecule has 0 spiro atoms. The second kappa shape index (κ2) is 8.28. The number of carbonyl (C=O) groups excluding carboxylic acids is 1. The third-order valence-electron chi connectivity index (χ3n) is 4.28. The molecule has 140 valence electrons. The minimum absolute atomic E-state index is 0.244. The number of methoxy groups -OCH3 is 1. The van der Waals surface area contributed by atoms with E-state index in [1.807, 2.05) is 43.3 Å². The van der Waals surface area contributed by atoms with Gasteiger partial charge in [-0.1, -0.05) is 24.3 Å². The summed E-state index contributed by atoms with van der Waals surface area (Å²) in [5.41, 5.74) is 11.0. The van der Waals surface area contributed by atoms with Crippen molar-refractivity contribution in [3.63, 3.8) is 0 Å². The fraction of sp³-hybridized carbons (Fsp3) is 0.130. The number of nitrogen functional groups attached to an aromatic ring is 1. The largest absolute Gasteiger partial charge is 0.487 e. The van der Waals surface area contributed by atoms with Gasteiger partial charge in [-0.15, -0.1) is 0 Å². The standard InChI is InChI=1S/C23H20N2O3/c1-15-7-8-22(21(24)9-15)28-14-16-10-18(12-19(11-16)23(26)27-3)17-5-4-6-20(13-17)25-2/h4-13H,14,24H2,1,3H3. The van der Waals surface area contributed by atoms with Crippen LogP contribution in [0.4, 0.5) is 11.4 Å². The summed E-state index contributed by atoms with van der Waals surface area (Å²) in [4.78, 5) is 15.6. The zero-order valence-corrected chi connectivity index (χ0v) is 15.7. The van der Waals surface area contributed by atoms with Crippen molar-refractivity contribution in [2.45, 2.75) is 13.5 Å². The molecule has 0 fully saturated rings. The maximum Gasteiger partial charge on any atom is 0.337 e. The fourth-order valence-electron chi connectivity index (χ4n) is 2.89. The van der Waals surface area contributed by atoms with E-state index in [9.17, 15) is 4.79 Å². The lowest BCUT2D eigenvalue weighted by molar-refractivity contribution is 0.0600. The average molecular weight is 372 g/mol. The number of aryl methyl sites for hydroxylation is 1. The van der Waals surface area contributed by atoms with Crippen molar-refractivity contribution in [1.29, 1.82) is 0 Å². The Labute approximate surface area is 164 Å². The van der Waals surface area contributed by atoms with Crippen molar-refractivity contribution in [3.05, 3.63) is 88.8 Å². The first-order valence-corrected chi connectivity index (χ1v) is 8.69. The van der Waals surface area contributed by atoms with Crippen LogP contribution in [0.3, 0.4) is 0 Å². The van der Waals surface area contributed by atoms with Gasteiger partial charge in [0.2, 0.25) is 0 Å². The van der Waals surface area contributed by atoms with Crippen LogP contribution in [0.2, 0.25) is 0 Å². The van der Waals surface area contributed by atoms with Gasteiger partial charge in [0.25, 0.3) is 0 Å². The van der Waals surface area contributed by atoms with Crippen LogP contribution in [-0.2, 0) is 11.3 Å². The van der Waals surface area contributed by atoms with E-state index < -0.39 is 5.97 Å².